The van der Waals surface area contributed by atoms with Crippen LogP contribution < -0.4 is 10.2 Å². The lowest BCUT2D eigenvalue weighted by Crippen LogP contribution is -2.49. The van der Waals surface area contributed by atoms with Crippen molar-refractivity contribution >= 4 is 34.8 Å². The lowest BCUT2D eigenvalue weighted by molar-refractivity contribution is -0.132. The summed E-state index contributed by atoms with van der Waals surface area (Å²) >= 11 is 6.34. The van der Waals surface area contributed by atoms with E-state index in [-0.39, 0.29) is 11.8 Å². The number of carbonyl (C=O) groups excluding carboxylic acids is 2. The molecule has 0 radical (unpaired) electrons. The van der Waals surface area contributed by atoms with Crippen molar-refractivity contribution in [3.63, 3.8) is 0 Å². The van der Waals surface area contributed by atoms with E-state index in [9.17, 15) is 9.59 Å². The summed E-state index contributed by atoms with van der Waals surface area (Å²) < 4.78 is 0. The minimum Gasteiger partial charge on any atom is -0.367 e. The van der Waals surface area contributed by atoms with Crippen LogP contribution in [0.5, 0.6) is 0 Å². The molecule has 23 heavy (non-hydrogen) atoms. The Morgan fingerprint density at radius 2 is 1.87 bits per heavy atom. The van der Waals surface area contributed by atoms with Crippen LogP contribution in [0.2, 0.25) is 5.02 Å². The normalized spacial score (nSPS) is 15.0. The first-order chi connectivity index (χ1) is 10.9. The van der Waals surface area contributed by atoms with Crippen LogP contribution in [-0.2, 0) is 9.59 Å². The maximum absolute atomic E-state index is 12.1. The van der Waals surface area contributed by atoms with Gasteiger partial charge in [-0.05, 0) is 24.1 Å². The standard InChI is InChI=1S/C17H24ClN3O2/c1-12(2)10-17(23)21-8-6-20(7-9-21)16-5-4-14(11-15(16)18)19-13(3)22/h4-5,11-12H,6-10H2,1-3H3,(H,19,22). The number of piperazine rings is 1. The fourth-order valence-electron chi connectivity index (χ4n) is 2.72. The summed E-state index contributed by atoms with van der Waals surface area (Å²) in [5.41, 5.74) is 1.63. The average molecular weight is 338 g/mol. The van der Waals surface area contributed by atoms with E-state index >= 15 is 0 Å². The molecule has 1 aliphatic rings. The largest absolute Gasteiger partial charge is 0.367 e. The molecule has 1 fully saturated rings. The zero-order chi connectivity index (χ0) is 17.0. The fraction of sp³-hybridized carbons (Fsp3) is 0.529. The second kappa shape index (κ2) is 7.68. The monoisotopic (exact) mass is 337 g/mol. The van der Waals surface area contributed by atoms with E-state index in [4.69, 9.17) is 11.6 Å². The number of hydrogen-bond acceptors (Lipinski definition) is 3. The molecular formula is C17H24ClN3O2. The number of nitrogens with zero attached hydrogens (tertiary/aromatic N) is 2. The van der Waals surface area contributed by atoms with Crippen molar-refractivity contribution in [1.29, 1.82) is 0 Å². The summed E-state index contributed by atoms with van der Waals surface area (Å²) in [6, 6.07) is 5.52. The number of benzene rings is 1. The van der Waals surface area contributed by atoms with Crippen molar-refractivity contribution in [2.24, 2.45) is 5.92 Å². The molecule has 126 valence electrons. The molecule has 2 rings (SSSR count). The van der Waals surface area contributed by atoms with Gasteiger partial charge in [0.05, 0.1) is 10.7 Å². The van der Waals surface area contributed by atoms with Gasteiger partial charge in [-0.1, -0.05) is 25.4 Å². The molecular weight excluding hydrogens is 314 g/mol. The van der Waals surface area contributed by atoms with Gasteiger partial charge in [-0.3, -0.25) is 9.59 Å². The molecule has 0 unspecified atom stereocenters. The molecule has 0 saturated carbocycles. The number of carbonyl (C=O) groups is 2. The van der Waals surface area contributed by atoms with Gasteiger partial charge in [-0.15, -0.1) is 0 Å². The fourth-order valence-corrected chi connectivity index (χ4v) is 3.02. The molecule has 1 aromatic carbocycles. The van der Waals surface area contributed by atoms with Crippen LogP contribution in [0.25, 0.3) is 0 Å². The molecule has 0 bridgehead atoms. The third kappa shape index (κ3) is 4.86. The lowest BCUT2D eigenvalue weighted by Gasteiger charge is -2.36. The van der Waals surface area contributed by atoms with E-state index in [0.717, 1.165) is 31.9 Å². The van der Waals surface area contributed by atoms with Crippen molar-refractivity contribution < 1.29 is 9.59 Å². The minimum absolute atomic E-state index is 0.119. The van der Waals surface area contributed by atoms with E-state index in [1.54, 1.807) is 6.07 Å². The third-order valence-corrected chi connectivity index (χ3v) is 4.13. The first-order valence-corrected chi connectivity index (χ1v) is 8.34. The molecule has 1 aromatic rings. The Labute approximate surface area is 142 Å². The summed E-state index contributed by atoms with van der Waals surface area (Å²) in [6.45, 7) is 8.56. The minimum atomic E-state index is -0.119. The molecule has 2 amide bonds. The van der Waals surface area contributed by atoms with Crippen LogP contribution in [0.4, 0.5) is 11.4 Å². The summed E-state index contributed by atoms with van der Waals surface area (Å²) in [6.07, 6.45) is 0.603. The van der Waals surface area contributed by atoms with E-state index in [1.807, 2.05) is 17.0 Å². The van der Waals surface area contributed by atoms with Crippen LogP contribution in [0.15, 0.2) is 18.2 Å². The van der Waals surface area contributed by atoms with Gasteiger partial charge in [-0.25, -0.2) is 0 Å². The van der Waals surface area contributed by atoms with Crippen molar-refractivity contribution in [3.05, 3.63) is 23.2 Å². The summed E-state index contributed by atoms with van der Waals surface area (Å²) in [7, 11) is 0. The van der Waals surface area contributed by atoms with Crippen LogP contribution in [0.1, 0.15) is 27.2 Å². The molecule has 1 N–H and O–H groups in total. The Bertz CT molecular complexity index is 581. The first kappa shape index (κ1) is 17.6. The van der Waals surface area contributed by atoms with Crippen LogP contribution in [0.3, 0.4) is 0 Å². The number of hydrogen-bond donors (Lipinski definition) is 1. The van der Waals surface area contributed by atoms with Gasteiger partial charge in [0.25, 0.3) is 0 Å². The van der Waals surface area contributed by atoms with Crippen LogP contribution >= 0.6 is 11.6 Å². The van der Waals surface area contributed by atoms with E-state index in [1.165, 1.54) is 6.92 Å². The van der Waals surface area contributed by atoms with Crippen molar-refractivity contribution in [2.45, 2.75) is 27.2 Å². The molecule has 0 aliphatic carbocycles. The van der Waals surface area contributed by atoms with Crippen molar-refractivity contribution in [1.82, 2.24) is 4.90 Å². The van der Waals surface area contributed by atoms with Gasteiger partial charge in [0.2, 0.25) is 11.8 Å². The Balaban J connectivity index is 1.97. The van der Waals surface area contributed by atoms with Crippen molar-refractivity contribution in [3.8, 4) is 0 Å². The highest BCUT2D eigenvalue weighted by molar-refractivity contribution is 6.33. The zero-order valence-corrected chi connectivity index (χ0v) is 14.7. The number of halogens is 1. The predicted octanol–water partition coefficient (Wildman–Crippen LogP) is 2.99. The number of rotatable bonds is 4. The lowest BCUT2D eigenvalue weighted by atomic mass is 10.1. The second-order valence-corrected chi connectivity index (χ2v) is 6.72. The Kier molecular flexibility index (Phi) is 5.88. The zero-order valence-electron chi connectivity index (χ0n) is 13.9. The average Bonchev–Trinajstić information content (AvgIpc) is 2.46. The van der Waals surface area contributed by atoms with Gasteiger partial charge in [0, 0.05) is 45.2 Å². The summed E-state index contributed by atoms with van der Waals surface area (Å²) in [4.78, 5) is 27.3. The molecule has 0 aromatic heterocycles. The third-order valence-electron chi connectivity index (χ3n) is 3.82. The van der Waals surface area contributed by atoms with Gasteiger partial charge < -0.3 is 15.1 Å². The summed E-state index contributed by atoms with van der Waals surface area (Å²) in [5.74, 6) is 0.495. The highest BCUT2D eigenvalue weighted by atomic mass is 35.5. The van der Waals surface area contributed by atoms with Gasteiger partial charge in [0.15, 0.2) is 0 Å². The molecule has 6 heteroatoms. The van der Waals surface area contributed by atoms with Crippen molar-refractivity contribution in [2.75, 3.05) is 36.4 Å². The highest BCUT2D eigenvalue weighted by Crippen LogP contribution is 2.29. The number of anilines is 2. The van der Waals surface area contributed by atoms with E-state index in [0.29, 0.717) is 23.0 Å². The first-order valence-electron chi connectivity index (χ1n) is 7.96. The van der Waals surface area contributed by atoms with E-state index < -0.39 is 0 Å². The molecule has 1 aliphatic heterocycles. The number of amides is 2. The smallest absolute Gasteiger partial charge is 0.222 e. The Morgan fingerprint density at radius 3 is 2.39 bits per heavy atom. The molecule has 5 nitrogen and oxygen atoms in total. The predicted molar refractivity (Wildman–Crippen MR) is 94.0 cm³/mol. The topological polar surface area (TPSA) is 52.7 Å². The quantitative estimate of drug-likeness (QED) is 0.919. The molecule has 0 spiro atoms. The van der Waals surface area contributed by atoms with Gasteiger partial charge >= 0.3 is 0 Å². The maximum Gasteiger partial charge on any atom is 0.222 e. The summed E-state index contributed by atoms with van der Waals surface area (Å²) in [5, 5.41) is 3.33. The maximum atomic E-state index is 12.1. The molecule has 1 saturated heterocycles. The Morgan fingerprint density at radius 1 is 1.22 bits per heavy atom. The Hall–Kier alpha value is -1.75. The number of nitrogens with one attached hydrogen (secondary N) is 1. The molecule has 0 atom stereocenters. The highest BCUT2D eigenvalue weighted by Gasteiger charge is 2.22. The second-order valence-electron chi connectivity index (χ2n) is 6.31. The SMILES string of the molecule is CC(=O)Nc1ccc(N2CCN(C(=O)CC(C)C)CC2)c(Cl)c1. The van der Waals surface area contributed by atoms with Crippen LogP contribution in [-0.4, -0.2) is 42.9 Å². The molecule has 1 heterocycles. The van der Waals surface area contributed by atoms with Crippen LogP contribution in [0, 0.1) is 5.92 Å². The van der Waals surface area contributed by atoms with E-state index in [2.05, 4.69) is 24.1 Å². The van der Waals surface area contributed by atoms with Gasteiger partial charge in [0.1, 0.15) is 0 Å². The van der Waals surface area contributed by atoms with Gasteiger partial charge in [-0.2, -0.15) is 0 Å².